The monoisotopic (exact) mass is 291 g/mol. The van der Waals surface area contributed by atoms with Crippen molar-refractivity contribution in [3.8, 4) is 0 Å². The predicted molar refractivity (Wildman–Crippen MR) is 89.6 cm³/mol. The van der Waals surface area contributed by atoms with Gasteiger partial charge in [-0.05, 0) is 51.1 Å². The molecule has 1 fully saturated rings. The minimum atomic E-state index is 0.606. The molecule has 1 N–H and O–H groups in total. The molecule has 1 aliphatic carbocycles. The average molecular weight is 291 g/mol. The zero-order valence-electron chi connectivity index (χ0n) is 14.4. The zero-order valence-corrected chi connectivity index (χ0v) is 14.4. The predicted octanol–water partition coefficient (Wildman–Crippen LogP) is 3.81. The normalized spacial score (nSPS) is 24.2. The van der Waals surface area contributed by atoms with Gasteiger partial charge in [-0.3, -0.25) is 4.68 Å². The highest BCUT2D eigenvalue weighted by Gasteiger charge is 2.27. The Balaban J connectivity index is 2.00. The van der Waals surface area contributed by atoms with Crippen LogP contribution in [-0.4, -0.2) is 22.9 Å². The minimum absolute atomic E-state index is 0.606. The summed E-state index contributed by atoms with van der Waals surface area (Å²) < 4.78 is 2.20. The first-order valence-electron chi connectivity index (χ1n) is 8.94. The molecular formula is C18H33N3. The van der Waals surface area contributed by atoms with E-state index < -0.39 is 0 Å². The summed E-state index contributed by atoms with van der Waals surface area (Å²) in [6.07, 6.45) is 9.15. The molecule has 0 saturated heterocycles. The van der Waals surface area contributed by atoms with Gasteiger partial charge in [-0.15, -0.1) is 0 Å². The number of nitrogens with zero attached hydrogens (tertiary/aromatic N) is 2. The van der Waals surface area contributed by atoms with Crippen molar-refractivity contribution in [2.75, 3.05) is 7.05 Å². The lowest BCUT2D eigenvalue weighted by Crippen LogP contribution is -2.38. The molecule has 0 bridgehead atoms. The highest BCUT2D eigenvalue weighted by atomic mass is 15.3. The second-order valence-corrected chi connectivity index (χ2v) is 6.58. The fraction of sp³-hybridized carbons (Fsp3) is 0.833. The van der Waals surface area contributed by atoms with Gasteiger partial charge in [0.2, 0.25) is 0 Å². The van der Waals surface area contributed by atoms with Crippen LogP contribution in [0.3, 0.4) is 0 Å². The standard InChI is InChI=1S/C18H33N3/c1-5-14-8-10-15(11-9-14)18(19-4)13-17-12-16(6-2)20-21(17)7-3/h12,14-15,18-19H,5-11,13H2,1-4H3. The van der Waals surface area contributed by atoms with Gasteiger partial charge in [-0.2, -0.15) is 5.10 Å². The number of hydrogen-bond donors (Lipinski definition) is 1. The molecule has 0 radical (unpaired) electrons. The van der Waals surface area contributed by atoms with Crippen LogP contribution >= 0.6 is 0 Å². The lowest BCUT2D eigenvalue weighted by molar-refractivity contribution is 0.220. The van der Waals surface area contributed by atoms with Crippen LogP contribution in [0.5, 0.6) is 0 Å². The molecule has 1 unspecified atom stereocenters. The third-order valence-electron chi connectivity index (χ3n) is 5.41. The lowest BCUT2D eigenvalue weighted by atomic mass is 9.76. The van der Waals surface area contributed by atoms with Crippen LogP contribution in [0.25, 0.3) is 0 Å². The third kappa shape index (κ3) is 4.09. The molecule has 1 aromatic heterocycles. The van der Waals surface area contributed by atoms with Crippen LogP contribution in [0.2, 0.25) is 0 Å². The van der Waals surface area contributed by atoms with Crippen molar-refractivity contribution in [2.45, 2.75) is 78.3 Å². The molecule has 2 rings (SSSR count). The number of aryl methyl sites for hydroxylation is 2. The fourth-order valence-corrected chi connectivity index (χ4v) is 3.85. The van der Waals surface area contributed by atoms with Gasteiger partial charge in [0, 0.05) is 24.7 Å². The topological polar surface area (TPSA) is 29.9 Å². The summed E-state index contributed by atoms with van der Waals surface area (Å²) in [4.78, 5) is 0. The van der Waals surface area contributed by atoms with Crippen LogP contribution < -0.4 is 5.32 Å². The second kappa shape index (κ2) is 7.98. The van der Waals surface area contributed by atoms with Gasteiger partial charge in [0.1, 0.15) is 0 Å². The molecule has 1 aromatic rings. The molecule has 0 aromatic carbocycles. The van der Waals surface area contributed by atoms with E-state index in [9.17, 15) is 0 Å². The maximum atomic E-state index is 4.69. The number of hydrogen-bond acceptors (Lipinski definition) is 2. The van der Waals surface area contributed by atoms with E-state index >= 15 is 0 Å². The summed E-state index contributed by atoms with van der Waals surface area (Å²) >= 11 is 0. The van der Waals surface area contributed by atoms with Gasteiger partial charge in [0.25, 0.3) is 0 Å². The van der Waals surface area contributed by atoms with E-state index in [1.54, 1.807) is 0 Å². The molecular weight excluding hydrogens is 258 g/mol. The SMILES string of the molecule is CCc1cc(CC(NC)C2CCC(CC)CC2)n(CC)n1. The summed E-state index contributed by atoms with van der Waals surface area (Å²) in [5, 5.41) is 8.28. The Hall–Kier alpha value is -0.830. The maximum absolute atomic E-state index is 4.69. The Bertz CT molecular complexity index is 416. The van der Waals surface area contributed by atoms with Crippen LogP contribution in [0.4, 0.5) is 0 Å². The molecule has 1 atom stereocenters. The molecule has 120 valence electrons. The Morgan fingerprint density at radius 2 is 1.95 bits per heavy atom. The Kier molecular flexibility index (Phi) is 6.28. The van der Waals surface area contributed by atoms with Gasteiger partial charge in [-0.25, -0.2) is 0 Å². The highest BCUT2D eigenvalue weighted by molar-refractivity contribution is 5.12. The molecule has 1 heterocycles. The largest absolute Gasteiger partial charge is 0.316 e. The lowest BCUT2D eigenvalue weighted by Gasteiger charge is -2.33. The van der Waals surface area contributed by atoms with Crippen LogP contribution in [0.15, 0.2) is 6.07 Å². The maximum Gasteiger partial charge on any atom is 0.0624 e. The molecule has 0 aliphatic heterocycles. The van der Waals surface area contributed by atoms with E-state index in [1.165, 1.54) is 43.5 Å². The van der Waals surface area contributed by atoms with E-state index in [-0.39, 0.29) is 0 Å². The van der Waals surface area contributed by atoms with Crippen molar-refractivity contribution in [2.24, 2.45) is 11.8 Å². The highest BCUT2D eigenvalue weighted by Crippen LogP contribution is 2.33. The van der Waals surface area contributed by atoms with Gasteiger partial charge < -0.3 is 5.32 Å². The first-order chi connectivity index (χ1) is 10.2. The summed E-state index contributed by atoms with van der Waals surface area (Å²) in [6, 6.07) is 2.92. The molecule has 21 heavy (non-hydrogen) atoms. The molecule has 0 spiro atoms. The van der Waals surface area contributed by atoms with Gasteiger partial charge in [0.05, 0.1) is 5.69 Å². The van der Waals surface area contributed by atoms with Crippen molar-refractivity contribution in [1.29, 1.82) is 0 Å². The first kappa shape index (κ1) is 16.5. The van der Waals surface area contributed by atoms with E-state index in [0.29, 0.717) is 6.04 Å². The summed E-state index contributed by atoms with van der Waals surface area (Å²) in [5.41, 5.74) is 2.64. The average Bonchev–Trinajstić information content (AvgIpc) is 2.95. The van der Waals surface area contributed by atoms with Gasteiger partial charge in [-0.1, -0.05) is 33.1 Å². The van der Waals surface area contributed by atoms with Crippen molar-refractivity contribution < 1.29 is 0 Å². The first-order valence-corrected chi connectivity index (χ1v) is 8.94. The van der Waals surface area contributed by atoms with Gasteiger partial charge in [0.15, 0.2) is 0 Å². The second-order valence-electron chi connectivity index (χ2n) is 6.58. The van der Waals surface area contributed by atoms with Gasteiger partial charge >= 0.3 is 0 Å². The molecule has 1 saturated carbocycles. The van der Waals surface area contributed by atoms with Crippen molar-refractivity contribution in [3.63, 3.8) is 0 Å². The minimum Gasteiger partial charge on any atom is -0.316 e. The molecule has 3 heteroatoms. The van der Waals surface area contributed by atoms with Crippen molar-refractivity contribution in [3.05, 3.63) is 17.5 Å². The zero-order chi connectivity index (χ0) is 15.2. The van der Waals surface area contributed by atoms with Crippen LogP contribution in [0.1, 0.15) is 64.3 Å². The Labute approximate surface area is 130 Å². The molecule has 0 amide bonds. The van der Waals surface area contributed by atoms with E-state index in [2.05, 4.69) is 43.9 Å². The summed E-state index contributed by atoms with van der Waals surface area (Å²) in [5.74, 6) is 1.81. The molecule has 3 nitrogen and oxygen atoms in total. The Morgan fingerprint density at radius 1 is 1.24 bits per heavy atom. The number of rotatable bonds is 7. The van der Waals surface area contributed by atoms with E-state index in [4.69, 9.17) is 5.10 Å². The number of nitrogens with one attached hydrogen (secondary N) is 1. The Morgan fingerprint density at radius 3 is 2.48 bits per heavy atom. The van der Waals surface area contributed by atoms with Crippen molar-refractivity contribution in [1.82, 2.24) is 15.1 Å². The van der Waals surface area contributed by atoms with E-state index in [0.717, 1.165) is 31.2 Å². The van der Waals surface area contributed by atoms with Crippen LogP contribution in [0, 0.1) is 11.8 Å². The molecule has 1 aliphatic rings. The smallest absolute Gasteiger partial charge is 0.0624 e. The quantitative estimate of drug-likeness (QED) is 0.828. The van der Waals surface area contributed by atoms with E-state index in [1.807, 2.05) is 0 Å². The number of aromatic nitrogens is 2. The fourth-order valence-electron chi connectivity index (χ4n) is 3.85. The summed E-state index contributed by atoms with van der Waals surface area (Å²) in [6.45, 7) is 7.70. The van der Waals surface area contributed by atoms with Crippen LogP contribution in [-0.2, 0) is 19.4 Å². The third-order valence-corrected chi connectivity index (χ3v) is 5.41. The van der Waals surface area contributed by atoms with Crippen molar-refractivity contribution >= 4 is 0 Å². The number of likely N-dealkylation sites (N-methyl/N-ethyl adjacent to an activating group) is 1. The summed E-state index contributed by atoms with van der Waals surface area (Å²) in [7, 11) is 2.13.